The molecule has 27 heavy (non-hydrogen) atoms. The molecule has 0 bridgehead atoms. The number of rotatable bonds is 4. The maximum atomic E-state index is 13.2. The summed E-state index contributed by atoms with van der Waals surface area (Å²) in [5, 5.41) is 3.12. The summed E-state index contributed by atoms with van der Waals surface area (Å²) in [7, 11) is 0. The molecule has 0 saturated heterocycles. The van der Waals surface area contributed by atoms with Gasteiger partial charge in [0.05, 0.1) is 10.2 Å². The molecule has 3 aromatic rings. The smallest absolute Gasteiger partial charge is 0.226 e. The first kappa shape index (κ1) is 17.6. The zero-order valence-electron chi connectivity index (χ0n) is 14.6. The van der Waals surface area contributed by atoms with Gasteiger partial charge < -0.3 is 10.2 Å². The van der Waals surface area contributed by atoms with Crippen LogP contribution in [0.15, 0.2) is 42.5 Å². The van der Waals surface area contributed by atoms with Crippen LogP contribution in [0, 0.1) is 5.82 Å². The van der Waals surface area contributed by atoms with Crippen molar-refractivity contribution in [3.8, 4) is 0 Å². The van der Waals surface area contributed by atoms with Crippen LogP contribution in [0.4, 0.5) is 9.52 Å². The van der Waals surface area contributed by atoms with Crippen molar-refractivity contribution in [2.75, 3.05) is 11.9 Å². The van der Waals surface area contributed by atoms with E-state index in [0.717, 1.165) is 6.42 Å². The zero-order chi connectivity index (χ0) is 18.8. The van der Waals surface area contributed by atoms with Crippen molar-refractivity contribution in [1.82, 2.24) is 9.88 Å². The molecule has 1 aliphatic rings. The number of carbonyl (C=O) groups is 2. The summed E-state index contributed by atoms with van der Waals surface area (Å²) >= 11 is 1.22. The Labute approximate surface area is 159 Å². The number of halogens is 1. The normalized spacial score (nSPS) is 13.4. The molecule has 1 aliphatic heterocycles. The summed E-state index contributed by atoms with van der Waals surface area (Å²) in [5.74, 6) is -0.621. The number of hydrogen-bond donors (Lipinski definition) is 1. The average Bonchev–Trinajstić information content (AvgIpc) is 3.06. The van der Waals surface area contributed by atoms with Crippen molar-refractivity contribution in [1.29, 1.82) is 0 Å². The standard InChI is InChI=1S/C20H18FN3O2S/c21-15-5-6-16-17(11-15)27-20(22-16)23-18(25)7-8-19(26)24-10-9-13-3-1-2-4-14(13)12-24/h1-6,11H,7-10,12H2,(H,22,23,25). The number of amides is 2. The van der Waals surface area contributed by atoms with Crippen molar-refractivity contribution < 1.29 is 14.0 Å². The van der Waals surface area contributed by atoms with Crippen LogP contribution in [0.25, 0.3) is 10.2 Å². The molecule has 138 valence electrons. The molecule has 4 rings (SSSR count). The van der Waals surface area contributed by atoms with Crippen LogP contribution in [0.3, 0.4) is 0 Å². The summed E-state index contributed by atoms with van der Waals surface area (Å²) < 4.78 is 13.9. The van der Waals surface area contributed by atoms with Crippen LogP contribution < -0.4 is 5.32 Å². The fourth-order valence-corrected chi connectivity index (χ4v) is 4.13. The topological polar surface area (TPSA) is 62.3 Å². The van der Waals surface area contributed by atoms with E-state index in [4.69, 9.17) is 0 Å². The lowest BCUT2D eigenvalue weighted by Gasteiger charge is -2.28. The van der Waals surface area contributed by atoms with Gasteiger partial charge in [0.2, 0.25) is 11.8 Å². The number of nitrogens with zero attached hydrogens (tertiary/aromatic N) is 2. The molecule has 0 atom stereocenters. The Morgan fingerprint density at radius 1 is 1.15 bits per heavy atom. The Balaban J connectivity index is 1.31. The molecule has 5 nitrogen and oxygen atoms in total. The summed E-state index contributed by atoms with van der Waals surface area (Å²) in [6.07, 6.45) is 1.10. The minimum atomic E-state index is -0.335. The van der Waals surface area contributed by atoms with Crippen LogP contribution in [-0.4, -0.2) is 28.2 Å². The third kappa shape index (κ3) is 3.98. The number of carbonyl (C=O) groups excluding carboxylic acids is 2. The molecular formula is C20H18FN3O2S. The molecule has 2 heterocycles. The van der Waals surface area contributed by atoms with Gasteiger partial charge in [-0.15, -0.1) is 0 Å². The lowest BCUT2D eigenvalue weighted by Crippen LogP contribution is -2.36. The molecule has 1 aromatic heterocycles. The first-order chi connectivity index (χ1) is 13.1. The van der Waals surface area contributed by atoms with Gasteiger partial charge in [0.25, 0.3) is 0 Å². The lowest BCUT2D eigenvalue weighted by molar-refractivity contribution is -0.133. The third-order valence-corrected chi connectivity index (χ3v) is 5.58. The number of anilines is 1. The third-order valence-electron chi connectivity index (χ3n) is 4.65. The predicted molar refractivity (Wildman–Crippen MR) is 103 cm³/mol. The van der Waals surface area contributed by atoms with Gasteiger partial charge in [-0.1, -0.05) is 35.6 Å². The Bertz CT molecular complexity index is 1020. The fourth-order valence-electron chi connectivity index (χ4n) is 3.22. The maximum Gasteiger partial charge on any atom is 0.226 e. The monoisotopic (exact) mass is 383 g/mol. The van der Waals surface area contributed by atoms with Gasteiger partial charge in [-0.3, -0.25) is 9.59 Å². The molecule has 0 spiro atoms. The second-order valence-electron chi connectivity index (χ2n) is 6.51. The second-order valence-corrected chi connectivity index (χ2v) is 7.54. The van der Waals surface area contributed by atoms with Gasteiger partial charge in [-0.25, -0.2) is 9.37 Å². The highest BCUT2D eigenvalue weighted by Crippen LogP contribution is 2.26. The van der Waals surface area contributed by atoms with Crippen molar-refractivity contribution >= 4 is 38.5 Å². The van der Waals surface area contributed by atoms with Gasteiger partial charge in [0, 0.05) is 25.9 Å². The maximum absolute atomic E-state index is 13.2. The molecule has 2 aromatic carbocycles. The minimum absolute atomic E-state index is 0.0222. The van der Waals surface area contributed by atoms with Crippen molar-refractivity contribution in [2.24, 2.45) is 0 Å². The van der Waals surface area contributed by atoms with Crippen LogP contribution in [0.5, 0.6) is 0 Å². The van der Waals surface area contributed by atoms with Crippen molar-refractivity contribution in [2.45, 2.75) is 25.8 Å². The Hall–Kier alpha value is -2.80. The summed E-state index contributed by atoms with van der Waals surface area (Å²) in [5.41, 5.74) is 3.09. The molecule has 0 fully saturated rings. The first-order valence-corrected chi connectivity index (χ1v) is 9.60. The molecule has 0 radical (unpaired) electrons. The van der Waals surface area contributed by atoms with E-state index in [-0.39, 0.29) is 30.5 Å². The van der Waals surface area contributed by atoms with Gasteiger partial charge in [0.15, 0.2) is 5.13 Å². The van der Waals surface area contributed by atoms with E-state index in [0.29, 0.717) is 28.4 Å². The minimum Gasteiger partial charge on any atom is -0.338 e. The average molecular weight is 383 g/mol. The number of thiazole rings is 1. The number of benzene rings is 2. The lowest BCUT2D eigenvalue weighted by atomic mass is 9.99. The highest BCUT2D eigenvalue weighted by atomic mass is 32.1. The van der Waals surface area contributed by atoms with E-state index in [1.807, 2.05) is 18.2 Å². The highest BCUT2D eigenvalue weighted by Gasteiger charge is 2.21. The van der Waals surface area contributed by atoms with Crippen LogP contribution in [-0.2, 0) is 22.6 Å². The fraction of sp³-hybridized carbons (Fsp3) is 0.250. The molecule has 0 saturated carbocycles. The van der Waals surface area contributed by atoms with Crippen molar-refractivity contribution in [3.63, 3.8) is 0 Å². The molecule has 2 amide bonds. The SMILES string of the molecule is O=C(CCC(=O)N1CCc2ccccc2C1)Nc1nc2ccc(F)cc2s1. The predicted octanol–water partition coefficient (Wildman–Crippen LogP) is 3.74. The van der Waals surface area contributed by atoms with E-state index >= 15 is 0 Å². The van der Waals surface area contributed by atoms with Crippen LogP contribution in [0.2, 0.25) is 0 Å². The summed E-state index contributed by atoms with van der Waals surface area (Å²) in [6, 6.07) is 12.4. The summed E-state index contributed by atoms with van der Waals surface area (Å²) in [6.45, 7) is 1.28. The molecule has 0 unspecified atom stereocenters. The zero-order valence-corrected chi connectivity index (χ0v) is 15.4. The first-order valence-electron chi connectivity index (χ1n) is 8.79. The van der Waals surface area contributed by atoms with E-state index in [1.165, 1.54) is 34.6 Å². The number of aromatic nitrogens is 1. The van der Waals surface area contributed by atoms with Gasteiger partial charge in [-0.05, 0) is 35.7 Å². The number of hydrogen-bond acceptors (Lipinski definition) is 4. The second kappa shape index (κ2) is 7.44. The van der Waals surface area contributed by atoms with E-state index < -0.39 is 0 Å². The Morgan fingerprint density at radius 3 is 2.81 bits per heavy atom. The van der Waals surface area contributed by atoms with Gasteiger partial charge in [-0.2, -0.15) is 0 Å². The van der Waals surface area contributed by atoms with E-state index in [2.05, 4.69) is 16.4 Å². The molecule has 0 aliphatic carbocycles. The van der Waals surface area contributed by atoms with Crippen molar-refractivity contribution in [3.05, 3.63) is 59.4 Å². The van der Waals surface area contributed by atoms with Gasteiger partial charge in [0.1, 0.15) is 5.82 Å². The Kier molecular flexibility index (Phi) is 4.85. The summed E-state index contributed by atoms with van der Waals surface area (Å²) in [4.78, 5) is 30.6. The quantitative estimate of drug-likeness (QED) is 0.747. The number of fused-ring (bicyclic) bond motifs is 2. The molecular weight excluding hydrogens is 365 g/mol. The van der Waals surface area contributed by atoms with Gasteiger partial charge >= 0.3 is 0 Å². The van der Waals surface area contributed by atoms with E-state index in [9.17, 15) is 14.0 Å². The van der Waals surface area contributed by atoms with Crippen LogP contribution in [0.1, 0.15) is 24.0 Å². The largest absolute Gasteiger partial charge is 0.338 e. The number of nitrogens with one attached hydrogen (secondary N) is 1. The Morgan fingerprint density at radius 2 is 1.96 bits per heavy atom. The van der Waals surface area contributed by atoms with Crippen LogP contribution >= 0.6 is 11.3 Å². The molecule has 7 heteroatoms. The molecule has 1 N–H and O–H groups in total. The van der Waals surface area contributed by atoms with E-state index in [1.54, 1.807) is 11.0 Å². The highest BCUT2D eigenvalue weighted by molar-refractivity contribution is 7.22.